The number of carbonyl (C=O) groups is 2. The van der Waals surface area contributed by atoms with Crippen LogP contribution in [0, 0.1) is 0 Å². The number of hydrogen-bond acceptors (Lipinski definition) is 6. The summed E-state index contributed by atoms with van der Waals surface area (Å²) in [5, 5.41) is 22.4. The number of fused-ring (bicyclic) bond motifs is 1. The Hall–Kier alpha value is -3.79. The monoisotopic (exact) mass is 501 g/mol. The van der Waals surface area contributed by atoms with E-state index < -0.39 is 0 Å². The molecule has 1 fully saturated rings. The Morgan fingerprint density at radius 2 is 1.89 bits per heavy atom. The number of aliphatic hydroxyl groups is 1. The molecule has 0 radical (unpaired) electrons. The van der Waals surface area contributed by atoms with E-state index in [0.29, 0.717) is 35.8 Å². The lowest BCUT2D eigenvalue weighted by atomic mass is 10.1. The number of rotatable bonds is 7. The molecule has 36 heavy (non-hydrogen) atoms. The van der Waals surface area contributed by atoms with Gasteiger partial charge in [-0.25, -0.2) is 0 Å². The van der Waals surface area contributed by atoms with Crippen LogP contribution in [0.2, 0.25) is 0 Å². The normalized spacial score (nSPS) is 14.5. The molecular formula is C27H27N5O3S. The predicted molar refractivity (Wildman–Crippen MR) is 143 cm³/mol. The second kappa shape index (κ2) is 10.9. The molecule has 0 saturated carbocycles. The van der Waals surface area contributed by atoms with Crippen LogP contribution in [0.1, 0.15) is 31.3 Å². The maximum absolute atomic E-state index is 13.2. The molecular weight excluding hydrogens is 474 g/mol. The standard InChI is InChI=1S/C27H27N5O3S/c33-16-15-31-11-13-32(14-12-31)27(35)20-8-7-19(24(18-20)28-26(34)25-6-3-17-36-25)9-10-23-21-4-1-2-5-22(21)29-30-23/h1-10,17-18,33H,11-16H2,(H,28,34)(H,29,30). The summed E-state index contributed by atoms with van der Waals surface area (Å²) in [7, 11) is 0. The largest absolute Gasteiger partial charge is 0.395 e. The first-order chi connectivity index (χ1) is 17.6. The lowest BCUT2D eigenvalue weighted by molar-refractivity contribution is 0.0615. The Labute approximate surface area is 212 Å². The van der Waals surface area contributed by atoms with Gasteiger partial charge in [0.2, 0.25) is 0 Å². The quantitative estimate of drug-likeness (QED) is 0.358. The number of hydrogen-bond donors (Lipinski definition) is 3. The van der Waals surface area contributed by atoms with E-state index in [0.717, 1.165) is 35.2 Å². The molecule has 4 aromatic rings. The number of benzene rings is 2. The molecule has 0 unspecified atom stereocenters. The molecule has 2 amide bonds. The molecule has 2 aromatic heterocycles. The summed E-state index contributed by atoms with van der Waals surface area (Å²) in [6.45, 7) is 3.39. The third kappa shape index (κ3) is 5.23. The highest BCUT2D eigenvalue weighted by molar-refractivity contribution is 7.12. The number of H-pyrrole nitrogens is 1. The van der Waals surface area contributed by atoms with Crippen LogP contribution in [0.25, 0.3) is 23.1 Å². The van der Waals surface area contributed by atoms with Crippen molar-refractivity contribution in [2.45, 2.75) is 0 Å². The van der Waals surface area contributed by atoms with Gasteiger partial charge in [-0.1, -0.05) is 36.4 Å². The van der Waals surface area contributed by atoms with Crippen molar-refractivity contribution in [3.05, 3.63) is 81.7 Å². The Balaban J connectivity index is 1.41. The summed E-state index contributed by atoms with van der Waals surface area (Å²) in [5.41, 5.74) is 3.60. The van der Waals surface area contributed by atoms with Gasteiger partial charge in [-0.2, -0.15) is 5.10 Å². The van der Waals surface area contributed by atoms with Gasteiger partial charge in [0.25, 0.3) is 11.8 Å². The molecule has 2 aromatic carbocycles. The molecule has 0 bridgehead atoms. The second-order valence-corrected chi connectivity index (χ2v) is 9.53. The van der Waals surface area contributed by atoms with E-state index >= 15 is 0 Å². The number of aliphatic hydroxyl groups excluding tert-OH is 1. The number of aromatic nitrogens is 2. The molecule has 0 spiro atoms. The summed E-state index contributed by atoms with van der Waals surface area (Å²) in [5.74, 6) is -0.286. The van der Waals surface area contributed by atoms with Crippen molar-refractivity contribution in [3.63, 3.8) is 0 Å². The molecule has 5 rings (SSSR count). The van der Waals surface area contributed by atoms with Crippen molar-refractivity contribution >= 4 is 51.9 Å². The van der Waals surface area contributed by atoms with Crippen molar-refractivity contribution < 1.29 is 14.7 Å². The molecule has 0 aliphatic carbocycles. The zero-order valence-electron chi connectivity index (χ0n) is 19.7. The van der Waals surface area contributed by atoms with Gasteiger partial charge in [0.05, 0.1) is 22.7 Å². The molecule has 1 saturated heterocycles. The van der Waals surface area contributed by atoms with Gasteiger partial charge in [-0.05, 0) is 41.3 Å². The van der Waals surface area contributed by atoms with Gasteiger partial charge >= 0.3 is 0 Å². The first kappa shape index (κ1) is 23.9. The number of aromatic amines is 1. The Morgan fingerprint density at radius 3 is 2.67 bits per heavy atom. The SMILES string of the molecule is O=C(Nc1cc(C(=O)N2CCN(CCO)CC2)ccc1C=Cc1n[nH]c2ccccc12)c1cccs1. The first-order valence-electron chi connectivity index (χ1n) is 11.8. The zero-order chi connectivity index (χ0) is 24.9. The summed E-state index contributed by atoms with van der Waals surface area (Å²) in [6, 6.07) is 16.9. The van der Waals surface area contributed by atoms with Crippen LogP contribution < -0.4 is 5.32 Å². The Morgan fingerprint density at radius 1 is 1.06 bits per heavy atom. The van der Waals surface area contributed by atoms with Crippen molar-refractivity contribution in [2.75, 3.05) is 44.6 Å². The average Bonchev–Trinajstić information content (AvgIpc) is 3.59. The minimum Gasteiger partial charge on any atom is -0.395 e. The van der Waals surface area contributed by atoms with E-state index in [4.69, 9.17) is 5.11 Å². The molecule has 1 aliphatic heterocycles. The fourth-order valence-corrected chi connectivity index (χ4v) is 4.93. The molecule has 3 N–H and O–H groups in total. The molecule has 1 aliphatic rings. The maximum Gasteiger partial charge on any atom is 0.265 e. The predicted octanol–water partition coefficient (Wildman–Crippen LogP) is 3.80. The highest BCUT2D eigenvalue weighted by Crippen LogP contribution is 2.25. The van der Waals surface area contributed by atoms with Crippen LogP contribution in [-0.4, -0.2) is 76.2 Å². The number of nitrogens with one attached hydrogen (secondary N) is 2. The number of anilines is 1. The van der Waals surface area contributed by atoms with Crippen LogP contribution in [-0.2, 0) is 0 Å². The number of amides is 2. The van der Waals surface area contributed by atoms with E-state index in [1.54, 1.807) is 18.2 Å². The van der Waals surface area contributed by atoms with Crippen LogP contribution in [0.4, 0.5) is 5.69 Å². The fraction of sp³-hybridized carbons (Fsp3) is 0.222. The van der Waals surface area contributed by atoms with E-state index in [-0.39, 0.29) is 18.4 Å². The Bertz CT molecular complexity index is 1390. The minimum absolute atomic E-state index is 0.0703. The van der Waals surface area contributed by atoms with Crippen LogP contribution >= 0.6 is 11.3 Å². The third-order valence-corrected chi connectivity index (χ3v) is 7.16. The van der Waals surface area contributed by atoms with Crippen LogP contribution in [0.3, 0.4) is 0 Å². The maximum atomic E-state index is 13.2. The van der Waals surface area contributed by atoms with Gasteiger partial charge in [0.1, 0.15) is 0 Å². The smallest absolute Gasteiger partial charge is 0.265 e. The second-order valence-electron chi connectivity index (χ2n) is 8.58. The van der Waals surface area contributed by atoms with Crippen LogP contribution in [0.5, 0.6) is 0 Å². The van der Waals surface area contributed by atoms with E-state index in [2.05, 4.69) is 20.4 Å². The number of piperazine rings is 1. The van der Waals surface area contributed by atoms with Crippen LogP contribution in [0.15, 0.2) is 60.0 Å². The molecule has 0 atom stereocenters. The summed E-state index contributed by atoms with van der Waals surface area (Å²) in [6.07, 6.45) is 3.80. The lowest BCUT2D eigenvalue weighted by Crippen LogP contribution is -2.49. The van der Waals surface area contributed by atoms with Gasteiger partial charge in [0, 0.05) is 49.4 Å². The molecule has 8 nitrogen and oxygen atoms in total. The lowest BCUT2D eigenvalue weighted by Gasteiger charge is -2.34. The van der Waals surface area contributed by atoms with E-state index in [1.165, 1.54) is 11.3 Å². The first-order valence-corrected chi connectivity index (χ1v) is 12.7. The van der Waals surface area contributed by atoms with Crippen molar-refractivity contribution in [1.82, 2.24) is 20.0 Å². The van der Waals surface area contributed by atoms with Gasteiger partial charge in [-0.15, -0.1) is 11.3 Å². The summed E-state index contributed by atoms with van der Waals surface area (Å²) < 4.78 is 0. The topological polar surface area (TPSA) is 102 Å². The number of nitrogens with zero attached hydrogens (tertiary/aromatic N) is 3. The number of carbonyl (C=O) groups excluding carboxylic acids is 2. The van der Waals surface area contributed by atoms with Gasteiger partial charge < -0.3 is 15.3 Å². The average molecular weight is 502 g/mol. The van der Waals surface area contributed by atoms with Crippen molar-refractivity contribution in [1.29, 1.82) is 0 Å². The zero-order valence-corrected chi connectivity index (χ0v) is 20.5. The fourth-order valence-electron chi connectivity index (χ4n) is 4.31. The van der Waals surface area contributed by atoms with Gasteiger partial charge in [-0.3, -0.25) is 19.6 Å². The van der Waals surface area contributed by atoms with E-state index in [1.807, 2.05) is 58.8 Å². The number of para-hydroxylation sites is 1. The van der Waals surface area contributed by atoms with Crippen molar-refractivity contribution in [2.24, 2.45) is 0 Å². The van der Waals surface area contributed by atoms with Gasteiger partial charge in [0.15, 0.2) is 0 Å². The minimum atomic E-state index is -0.216. The van der Waals surface area contributed by atoms with E-state index in [9.17, 15) is 9.59 Å². The Kier molecular flexibility index (Phi) is 7.22. The summed E-state index contributed by atoms with van der Waals surface area (Å²) >= 11 is 1.36. The third-order valence-electron chi connectivity index (χ3n) is 6.29. The van der Waals surface area contributed by atoms with Crippen molar-refractivity contribution in [3.8, 4) is 0 Å². The number of thiophene rings is 1. The number of β-amino-alcohol motifs (C(OH)–C–C–N with tert-alkyl or cyclic N) is 1. The molecule has 184 valence electrons. The highest BCUT2D eigenvalue weighted by Gasteiger charge is 2.22. The molecule has 3 heterocycles. The molecule has 9 heteroatoms. The summed E-state index contributed by atoms with van der Waals surface area (Å²) in [4.78, 5) is 30.7. The highest BCUT2D eigenvalue weighted by atomic mass is 32.1.